The molecule has 0 saturated carbocycles. The lowest BCUT2D eigenvalue weighted by Crippen LogP contribution is -2.61. The SMILES string of the molecule is N#CC1=C(N)N(c2ccc(C(F)(F)F)cc2)C2CCCCC/C=C\2C1(C(F)(F)F)C(F)(F)F. The normalized spacial score (nSPS) is 23.7. The Kier molecular flexibility index (Phi) is 6.15. The topological polar surface area (TPSA) is 53.1 Å². The highest BCUT2D eigenvalue weighted by molar-refractivity contribution is 5.64. The highest BCUT2D eigenvalue weighted by Gasteiger charge is 2.77. The summed E-state index contributed by atoms with van der Waals surface area (Å²) < 4.78 is 124. The van der Waals surface area contributed by atoms with E-state index >= 15 is 0 Å². The summed E-state index contributed by atoms with van der Waals surface area (Å²) in [6.45, 7) is 0. The van der Waals surface area contributed by atoms with E-state index in [2.05, 4.69) is 0 Å². The van der Waals surface area contributed by atoms with Crippen LogP contribution in [0.3, 0.4) is 0 Å². The third-order valence-electron chi connectivity index (χ3n) is 5.98. The van der Waals surface area contributed by atoms with E-state index in [1.807, 2.05) is 0 Å². The molecule has 0 spiro atoms. The minimum absolute atomic E-state index is 0.0841. The Bertz CT molecular complexity index is 978. The third kappa shape index (κ3) is 3.91. The van der Waals surface area contributed by atoms with Gasteiger partial charge in [0, 0.05) is 5.69 Å². The Balaban J connectivity index is 2.36. The lowest BCUT2D eigenvalue weighted by atomic mass is 9.65. The summed E-state index contributed by atoms with van der Waals surface area (Å²) in [6, 6.07) is 2.58. The van der Waals surface area contributed by atoms with E-state index in [0.717, 1.165) is 29.2 Å². The van der Waals surface area contributed by atoms with Crippen LogP contribution in [0.1, 0.15) is 37.7 Å². The maximum atomic E-state index is 14.3. The van der Waals surface area contributed by atoms with Crippen molar-refractivity contribution in [2.24, 2.45) is 11.1 Å². The summed E-state index contributed by atoms with van der Waals surface area (Å²) in [5.74, 6) is -1.09. The number of nitrogens with two attached hydrogens (primary N) is 1. The van der Waals surface area contributed by atoms with E-state index in [9.17, 15) is 44.8 Å². The highest BCUT2D eigenvalue weighted by Crippen LogP contribution is 2.63. The van der Waals surface area contributed by atoms with Gasteiger partial charge in [-0.1, -0.05) is 18.9 Å². The molecule has 3 nitrogen and oxygen atoms in total. The maximum Gasteiger partial charge on any atom is 0.416 e. The molecular formula is C21H18F9N3. The lowest BCUT2D eigenvalue weighted by molar-refractivity contribution is -0.312. The molecule has 180 valence electrons. The highest BCUT2D eigenvalue weighted by atomic mass is 19.4. The van der Waals surface area contributed by atoms with Gasteiger partial charge in [0.05, 0.1) is 17.2 Å². The Hall–Kier alpha value is -2.84. The number of hydrogen-bond acceptors (Lipinski definition) is 3. The van der Waals surface area contributed by atoms with Crippen LogP contribution in [0.2, 0.25) is 0 Å². The van der Waals surface area contributed by atoms with Crippen LogP contribution in [0.4, 0.5) is 45.2 Å². The number of anilines is 1. The number of nitrogens with zero attached hydrogens (tertiary/aromatic N) is 2. The van der Waals surface area contributed by atoms with Gasteiger partial charge >= 0.3 is 18.5 Å². The average Bonchev–Trinajstić information content (AvgIpc) is 2.66. The number of rotatable bonds is 1. The van der Waals surface area contributed by atoms with E-state index < -0.39 is 52.5 Å². The lowest BCUT2D eigenvalue weighted by Gasteiger charge is -2.50. The number of fused-ring (bicyclic) bond motifs is 1. The smallest absolute Gasteiger partial charge is 0.384 e. The fraction of sp³-hybridized carbons (Fsp3) is 0.476. The molecule has 0 amide bonds. The molecule has 3 rings (SSSR count). The van der Waals surface area contributed by atoms with Gasteiger partial charge in [0.15, 0.2) is 0 Å². The second-order valence-corrected chi connectivity index (χ2v) is 7.85. The van der Waals surface area contributed by atoms with Gasteiger partial charge in [0.25, 0.3) is 0 Å². The first-order valence-electron chi connectivity index (χ1n) is 9.88. The van der Waals surface area contributed by atoms with Crippen LogP contribution >= 0.6 is 0 Å². The van der Waals surface area contributed by atoms with Crippen molar-refractivity contribution in [1.29, 1.82) is 5.26 Å². The largest absolute Gasteiger partial charge is 0.416 e. The molecule has 0 bridgehead atoms. The second kappa shape index (κ2) is 8.18. The molecule has 2 N–H and O–H groups in total. The number of allylic oxidation sites excluding steroid dienone is 2. The molecule has 12 heteroatoms. The van der Waals surface area contributed by atoms with E-state index in [0.29, 0.717) is 25.0 Å². The fourth-order valence-electron chi connectivity index (χ4n) is 4.55. The van der Waals surface area contributed by atoms with Crippen LogP contribution in [0.25, 0.3) is 0 Å². The third-order valence-corrected chi connectivity index (χ3v) is 5.98. The van der Waals surface area contributed by atoms with Gasteiger partial charge in [0.2, 0.25) is 5.41 Å². The molecule has 1 aromatic carbocycles. The number of benzene rings is 1. The number of halogens is 9. The molecule has 1 heterocycles. The molecule has 1 atom stereocenters. The van der Waals surface area contributed by atoms with E-state index in [1.54, 1.807) is 0 Å². The summed E-state index contributed by atoms with van der Waals surface area (Å²) in [4.78, 5) is 0.908. The van der Waals surface area contributed by atoms with Crippen molar-refractivity contribution >= 4 is 5.69 Å². The van der Waals surface area contributed by atoms with Gasteiger partial charge in [-0.05, 0) is 49.1 Å². The van der Waals surface area contributed by atoms with Gasteiger partial charge in [-0.3, -0.25) is 0 Å². The van der Waals surface area contributed by atoms with Crippen molar-refractivity contribution in [1.82, 2.24) is 0 Å². The predicted octanol–water partition coefficient (Wildman–Crippen LogP) is 6.59. The van der Waals surface area contributed by atoms with Gasteiger partial charge < -0.3 is 10.6 Å². The van der Waals surface area contributed by atoms with Gasteiger partial charge in [-0.2, -0.15) is 44.8 Å². The quantitative estimate of drug-likeness (QED) is 0.362. The van der Waals surface area contributed by atoms with Crippen molar-refractivity contribution in [3.8, 4) is 6.07 Å². The minimum atomic E-state index is -5.93. The summed E-state index contributed by atoms with van der Waals surface area (Å²) in [7, 11) is 0. The van der Waals surface area contributed by atoms with Crippen LogP contribution in [0, 0.1) is 16.7 Å². The van der Waals surface area contributed by atoms with Crippen molar-refractivity contribution in [3.63, 3.8) is 0 Å². The number of nitriles is 1. The first-order valence-corrected chi connectivity index (χ1v) is 9.88. The average molecular weight is 483 g/mol. The van der Waals surface area contributed by atoms with Crippen LogP contribution in [-0.4, -0.2) is 18.4 Å². The Morgan fingerprint density at radius 1 is 0.909 bits per heavy atom. The van der Waals surface area contributed by atoms with Crippen LogP contribution < -0.4 is 10.6 Å². The van der Waals surface area contributed by atoms with Crippen molar-refractivity contribution in [2.45, 2.75) is 56.7 Å². The van der Waals surface area contributed by atoms with Crippen molar-refractivity contribution < 1.29 is 39.5 Å². The Morgan fingerprint density at radius 2 is 1.48 bits per heavy atom. The van der Waals surface area contributed by atoms with Crippen molar-refractivity contribution in [3.05, 3.63) is 52.9 Å². The van der Waals surface area contributed by atoms with E-state index in [4.69, 9.17) is 5.73 Å². The van der Waals surface area contributed by atoms with Gasteiger partial charge in [-0.25, -0.2) is 0 Å². The summed E-state index contributed by atoms with van der Waals surface area (Å²) in [6.07, 6.45) is -14.8. The zero-order valence-electron chi connectivity index (χ0n) is 16.9. The molecule has 33 heavy (non-hydrogen) atoms. The van der Waals surface area contributed by atoms with E-state index in [1.165, 1.54) is 0 Å². The van der Waals surface area contributed by atoms with Crippen molar-refractivity contribution in [2.75, 3.05) is 4.90 Å². The summed E-state index contributed by atoms with van der Waals surface area (Å²) in [5.41, 5.74) is -2.85. The van der Waals surface area contributed by atoms with Crippen LogP contribution in [0.15, 0.2) is 47.3 Å². The maximum absolute atomic E-state index is 14.3. The molecule has 2 aliphatic rings. The van der Waals surface area contributed by atoms with Crippen LogP contribution in [-0.2, 0) is 6.18 Å². The van der Waals surface area contributed by atoms with Crippen LogP contribution in [0.5, 0.6) is 0 Å². The molecule has 1 unspecified atom stereocenters. The molecule has 1 aliphatic carbocycles. The standard InChI is InChI=1S/C21H18F9N3/c22-19(23,24)12-7-9-13(10-8-12)33-16-6-4-2-1-3-5-14(16)18(20(25,26)27,21(28,29)30)15(11-31)17(33)32/h5,7-10,16H,1-4,6,32H2/b14-5+. The number of alkyl halides is 9. The molecule has 1 aliphatic heterocycles. The molecule has 0 aromatic heterocycles. The summed E-state index contributed by atoms with van der Waals surface area (Å²) in [5, 5.41) is 9.46. The first kappa shape index (κ1) is 24.8. The second-order valence-electron chi connectivity index (χ2n) is 7.85. The molecule has 1 aromatic rings. The monoisotopic (exact) mass is 483 g/mol. The summed E-state index contributed by atoms with van der Waals surface area (Å²) >= 11 is 0. The van der Waals surface area contributed by atoms with Gasteiger partial charge in [-0.15, -0.1) is 0 Å². The zero-order valence-corrected chi connectivity index (χ0v) is 16.9. The molecular weight excluding hydrogens is 465 g/mol. The zero-order chi connectivity index (χ0) is 24.8. The molecule has 0 fully saturated rings. The minimum Gasteiger partial charge on any atom is -0.384 e. The fourth-order valence-corrected chi connectivity index (χ4v) is 4.55. The number of hydrogen-bond donors (Lipinski definition) is 1. The van der Waals surface area contributed by atoms with Gasteiger partial charge in [0.1, 0.15) is 11.9 Å². The molecule has 0 radical (unpaired) electrons. The Morgan fingerprint density at radius 3 is 1.97 bits per heavy atom. The first-order chi connectivity index (χ1) is 15.2. The van der Waals surface area contributed by atoms with E-state index in [-0.39, 0.29) is 24.9 Å². The predicted molar refractivity (Wildman–Crippen MR) is 100 cm³/mol. The molecule has 0 saturated heterocycles. The Labute approximate surface area is 182 Å².